The van der Waals surface area contributed by atoms with Crippen molar-refractivity contribution in [2.75, 3.05) is 26.3 Å². The molecule has 0 rings (SSSR count). The number of aliphatic hydroxyl groups excluding tert-OH is 2. The van der Waals surface area contributed by atoms with Crippen LogP contribution in [0.2, 0.25) is 0 Å². The Labute approximate surface area is 68.1 Å². The summed E-state index contributed by atoms with van der Waals surface area (Å²) in [5.74, 6) is 0. The number of aliphatic hydroxyl groups is 2. The summed E-state index contributed by atoms with van der Waals surface area (Å²) < 4.78 is 0. The molecule has 0 aromatic rings. The molecule has 0 unspecified atom stereocenters. The van der Waals surface area contributed by atoms with E-state index >= 15 is 0 Å². The Morgan fingerprint density at radius 2 is 1.36 bits per heavy atom. The Bertz CT molecular complexity index is 74.2. The zero-order valence-corrected chi connectivity index (χ0v) is 6.79. The molecule has 0 spiro atoms. The van der Waals surface area contributed by atoms with Crippen molar-refractivity contribution in [2.24, 2.45) is 0 Å². The van der Waals surface area contributed by atoms with E-state index in [0.29, 0.717) is 0 Å². The summed E-state index contributed by atoms with van der Waals surface area (Å²) in [5, 5.41) is 18.3. The summed E-state index contributed by atoms with van der Waals surface area (Å²) in [7, 11) is 0. The van der Waals surface area contributed by atoms with E-state index in [1.165, 1.54) is 0 Å². The standard InChI is InChI=1S/C6H11N.C2H6O2/c1-3-5-7-6-4-2;3-1-2-4/h3-4,7H,1-2,5-6H2;3-4H,1-2H2. The van der Waals surface area contributed by atoms with Crippen molar-refractivity contribution in [3.63, 3.8) is 0 Å². The van der Waals surface area contributed by atoms with Gasteiger partial charge in [0.1, 0.15) is 0 Å². The number of hydrogen-bond donors (Lipinski definition) is 3. The van der Waals surface area contributed by atoms with Crippen LogP contribution >= 0.6 is 0 Å². The van der Waals surface area contributed by atoms with E-state index < -0.39 is 0 Å². The third-order valence-electron chi connectivity index (χ3n) is 0.677. The minimum Gasteiger partial charge on any atom is -0.394 e. The van der Waals surface area contributed by atoms with Gasteiger partial charge >= 0.3 is 0 Å². The minimum absolute atomic E-state index is 0.125. The van der Waals surface area contributed by atoms with Gasteiger partial charge in [-0.25, -0.2) is 0 Å². The second-order valence-electron chi connectivity index (χ2n) is 1.68. The van der Waals surface area contributed by atoms with Gasteiger partial charge in [-0.1, -0.05) is 12.2 Å². The van der Waals surface area contributed by atoms with Crippen LogP contribution in [0.4, 0.5) is 0 Å². The first-order chi connectivity index (χ1) is 5.33. The molecule has 0 radical (unpaired) electrons. The van der Waals surface area contributed by atoms with Gasteiger partial charge in [0.15, 0.2) is 0 Å². The van der Waals surface area contributed by atoms with E-state index in [1.54, 1.807) is 0 Å². The zero-order valence-electron chi connectivity index (χ0n) is 6.79. The summed E-state index contributed by atoms with van der Waals surface area (Å²) in [4.78, 5) is 0. The molecule has 0 heterocycles. The molecule has 0 aliphatic heterocycles. The Kier molecular flexibility index (Phi) is 19.1. The molecule has 0 aromatic heterocycles. The quantitative estimate of drug-likeness (QED) is 0.388. The lowest BCUT2D eigenvalue weighted by Crippen LogP contribution is -2.11. The first kappa shape index (κ1) is 13.0. The van der Waals surface area contributed by atoms with Crippen LogP contribution in [0.5, 0.6) is 0 Å². The molecular weight excluding hydrogens is 142 g/mol. The molecule has 0 aliphatic carbocycles. The van der Waals surface area contributed by atoms with Crippen molar-refractivity contribution in [2.45, 2.75) is 0 Å². The molecule has 3 heteroatoms. The Hall–Kier alpha value is -0.640. The predicted octanol–water partition coefficient (Wildman–Crippen LogP) is -0.0810. The summed E-state index contributed by atoms with van der Waals surface area (Å²) in [6.07, 6.45) is 3.65. The van der Waals surface area contributed by atoms with Gasteiger partial charge in [0.05, 0.1) is 13.2 Å². The van der Waals surface area contributed by atoms with Gasteiger partial charge in [0.2, 0.25) is 0 Å². The van der Waals surface area contributed by atoms with E-state index in [9.17, 15) is 0 Å². The van der Waals surface area contributed by atoms with E-state index in [-0.39, 0.29) is 13.2 Å². The molecule has 3 nitrogen and oxygen atoms in total. The summed E-state index contributed by atoms with van der Waals surface area (Å²) in [6.45, 7) is 8.56. The highest BCUT2D eigenvalue weighted by atomic mass is 16.3. The van der Waals surface area contributed by atoms with Gasteiger partial charge in [0.25, 0.3) is 0 Å². The molecule has 0 aliphatic rings. The third kappa shape index (κ3) is 26.7. The molecule has 0 saturated carbocycles. The van der Waals surface area contributed by atoms with E-state index in [2.05, 4.69) is 18.5 Å². The third-order valence-corrected chi connectivity index (χ3v) is 0.677. The molecule has 11 heavy (non-hydrogen) atoms. The number of hydrogen-bond acceptors (Lipinski definition) is 3. The first-order valence-corrected chi connectivity index (χ1v) is 3.47. The minimum atomic E-state index is -0.125. The van der Waals surface area contributed by atoms with Crippen molar-refractivity contribution < 1.29 is 10.2 Å². The van der Waals surface area contributed by atoms with Crippen molar-refractivity contribution in [1.29, 1.82) is 0 Å². The van der Waals surface area contributed by atoms with Crippen molar-refractivity contribution in [3.8, 4) is 0 Å². The lowest BCUT2D eigenvalue weighted by molar-refractivity contribution is 0.186. The average Bonchev–Trinajstić information content (AvgIpc) is 2.06. The fourth-order valence-corrected chi connectivity index (χ4v) is 0.287. The Morgan fingerprint density at radius 3 is 1.55 bits per heavy atom. The summed E-state index contributed by atoms with van der Waals surface area (Å²) >= 11 is 0. The van der Waals surface area contributed by atoms with Crippen LogP contribution < -0.4 is 5.32 Å². The maximum absolute atomic E-state index is 7.62. The van der Waals surface area contributed by atoms with E-state index in [0.717, 1.165) is 13.1 Å². The molecule has 3 N–H and O–H groups in total. The van der Waals surface area contributed by atoms with Crippen LogP contribution in [0.25, 0.3) is 0 Å². The maximum Gasteiger partial charge on any atom is 0.0662 e. The topological polar surface area (TPSA) is 52.5 Å². The van der Waals surface area contributed by atoms with Gasteiger partial charge in [0, 0.05) is 13.1 Å². The Morgan fingerprint density at radius 1 is 1.00 bits per heavy atom. The molecular formula is C8H17NO2. The molecule has 0 atom stereocenters. The number of rotatable bonds is 5. The lowest BCUT2D eigenvalue weighted by Gasteiger charge is -1.90. The Balaban J connectivity index is 0. The molecule has 0 saturated heterocycles. The molecule has 0 aromatic carbocycles. The fourth-order valence-electron chi connectivity index (χ4n) is 0.287. The highest BCUT2D eigenvalue weighted by Gasteiger charge is 1.69. The molecule has 0 amide bonds. The fraction of sp³-hybridized carbons (Fsp3) is 0.500. The van der Waals surface area contributed by atoms with Crippen LogP contribution in [-0.2, 0) is 0 Å². The maximum atomic E-state index is 7.62. The van der Waals surface area contributed by atoms with Gasteiger partial charge in [-0.15, -0.1) is 13.2 Å². The SMILES string of the molecule is C=CCNCC=C.OCCO. The van der Waals surface area contributed by atoms with Crippen LogP contribution in [0.1, 0.15) is 0 Å². The first-order valence-electron chi connectivity index (χ1n) is 3.47. The average molecular weight is 159 g/mol. The zero-order chi connectivity index (χ0) is 8.95. The lowest BCUT2D eigenvalue weighted by atomic mass is 10.5. The normalized spacial score (nSPS) is 7.82. The van der Waals surface area contributed by atoms with Crippen molar-refractivity contribution in [1.82, 2.24) is 5.32 Å². The highest BCUT2D eigenvalue weighted by molar-refractivity contribution is 4.75. The van der Waals surface area contributed by atoms with Crippen LogP contribution in [0.15, 0.2) is 25.3 Å². The van der Waals surface area contributed by atoms with Gasteiger partial charge in [-0.2, -0.15) is 0 Å². The molecule has 66 valence electrons. The predicted molar refractivity (Wildman–Crippen MR) is 47.4 cm³/mol. The number of nitrogens with one attached hydrogen (secondary N) is 1. The second-order valence-corrected chi connectivity index (χ2v) is 1.68. The van der Waals surface area contributed by atoms with Crippen molar-refractivity contribution in [3.05, 3.63) is 25.3 Å². The molecule has 0 bridgehead atoms. The highest BCUT2D eigenvalue weighted by Crippen LogP contribution is 1.59. The monoisotopic (exact) mass is 159 g/mol. The summed E-state index contributed by atoms with van der Waals surface area (Å²) in [5.41, 5.74) is 0. The smallest absolute Gasteiger partial charge is 0.0662 e. The van der Waals surface area contributed by atoms with Crippen LogP contribution in [-0.4, -0.2) is 36.5 Å². The van der Waals surface area contributed by atoms with E-state index in [1.807, 2.05) is 12.2 Å². The van der Waals surface area contributed by atoms with Crippen LogP contribution in [0.3, 0.4) is 0 Å². The summed E-state index contributed by atoms with van der Waals surface area (Å²) in [6, 6.07) is 0. The van der Waals surface area contributed by atoms with Gasteiger partial charge < -0.3 is 15.5 Å². The molecule has 0 fully saturated rings. The van der Waals surface area contributed by atoms with Crippen molar-refractivity contribution >= 4 is 0 Å². The van der Waals surface area contributed by atoms with E-state index in [4.69, 9.17) is 10.2 Å². The van der Waals surface area contributed by atoms with Gasteiger partial charge in [-0.05, 0) is 0 Å². The van der Waals surface area contributed by atoms with Gasteiger partial charge in [-0.3, -0.25) is 0 Å². The second kappa shape index (κ2) is 16.2. The van der Waals surface area contributed by atoms with Crippen LogP contribution in [0, 0.1) is 0 Å². The largest absolute Gasteiger partial charge is 0.394 e.